The molecule has 19 rings (SSSR count). The van der Waals surface area contributed by atoms with Crippen LogP contribution in [0.15, 0.2) is 364 Å². The number of benzene rings is 12. The standard InChI is InChI=1S/C108H60S6/c1-13-37-73(38-14-1)97-85-61-62-87-99(75-41-17-3-18-42-75)101(77-45-21-5-22-46-77)89(110-87)65-66-91-103(79-49-25-7-26-50-79)105(81-53-29-9-30-54-81)93(112-91)69-70-95-107(83-57-33-11-34-58-83)108(84-59-35-12-36-60-84)96(114-95)72-71-94-106(82-55-31-10-32-56-82)104(80-51-27-8-28-52-80)92(113-94)68-67-90-102(78-47-23-6-24-48-78)100(76-43-19-4-20-44-76)88(111-90)64-63-86(109-85)98(97)74-39-15-2-16-40-74/h1-60H. The quantitative estimate of drug-likeness (QED) is 0.107. The van der Waals surface area contributed by atoms with Crippen LogP contribution in [0.4, 0.5) is 0 Å². The SMILES string of the molecule is C1#Cc2sc(c(-c3ccccc3)c2-c2ccccc2)C#Cc2sc(c(-c3ccccc3)c2-c2ccccc2)C#Cc2sc(c(-c3ccccc3)c2-c2ccccc2)C#Cc2sc(c(-c3ccccc3)c2-c2ccccc2)C#Cc2sc(c(-c3ccccc3)c2-c2ccccc2)C#Cc2sc1c(-c1ccccc1)c2-c1ccccc1. The minimum absolute atomic E-state index is 0.902. The van der Waals surface area contributed by atoms with Crippen molar-refractivity contribution in [1.82, 2.24) is 0 Å². The monoisotopic (exact) mass is 1550 g/mol. The summed E-state index contributed by atoms with van der Waals surface area (Å²) in [6.07, 6.45) is 0. The molecule has 0 saturated carbocycles. The lowest BCUT2D eigenvalue weighted by Gasteiger charge is -2.08. The Hall–Kier alpha value is -13.8. The van der Waals surface area contributed by atoms with E-state index in [1.807, 2.05) is 0 Å². The van der Waals surface area contributed by atoms with Crippen molar-refractivity contribution in [3.8, 4) is 205 Å². The van der Waals surface area contributed by atoms with Gasteiger partial charge in [0.05, 0.1) is 58.5 Å². The van der Waals surface area contributed by atoms with Crippen LogP contribution in [0.1, 0.15) is 58.5 Å². The van der Waals surface area contributed by atoms with Crippen molar-refractivity contribution in [2.24, 2.45) is 0 Å². The van der Waals surface area contributed by atoms with E-state index >= 15 is 0 Å². The molecule has 528 valence electrons. The number of hydrogen-bond donors (Lipinski definition) is 0. The third kappa shape index (κ3) is 14.1. The van der Waals surface area contributed by atoms with Crippen LogP contribution in [0.5, 0.6) is 0 Å². The van der Waals surface area contributed by atoms with E-state index in [-0.39, 0.29) is 0 Å². The molecule has 0 radical (unpaired) electrons. The van der Waals surface area contributed by atoms with Gasteiger partial charge in [0.25, 0.3) is 0 Å². The van der Waals surface area contributed by atoms with Gasteiger partial charge in [0.15, 0.2) is 0 Å². The summed E-state index contributed by atoms with van der Waals surface area (Å²) >= 11 is 9.87. The Labute approximate surface area is 689 Å². The molecule has 0 fully saturated rings. The van der Waals surface area contributed by atoms with Gasteiger partial charge >= 0.3 is 0 Å². The van der Waals surface area contributed by atoms with Crippen LogP contribution in [0.3, 0.4) is 0 Å². The van der Waals surface area contributed by atoms with Gasteiger partial charge < -0.3 is 0 Å². The molecule has 18 aromatic rings. The van der Waals surface area contributed by atoms with E-state index in [1.54, 1.807) is 68.0 Å². The highest BCUT2D eigenvalue weighted by atomic mass is 32.1. The van der Waals surface area contributed by atoms with E-state index in [0.29, 0.717) is 0 Å². The maximum atomic E-state index is 3.92. The molecule has 0 aliphatic carbocycles. The second-order valence-corrected chi connectivity index (χ2v) is 33.1. The van der Waals surface area contributed by atoms with Crippen LogP contribution in [0.25, 0.3) is 134 Å². The molecule has 12 aromatic carbocycles. The largest absolute Gasteiger partial charge is 0.117 e. The Morgan fingerprint density at radius 3 is 0.237 bits per heavy atom. The summed E-state index contributed by atoms with van der Waals surface area (Å²) in [6, 6.07) is 128. The summed E-state index contributed by atoms with van der Waals surface area (Å²) in [5.74, 6) is 47.0. The molecule has 1 aliphatic rings. The van der Waals surface area contributed by atoms with E-state index in [4.69, 9.17) is 0 Å². The molecule has 7 heterocycles. The lowest BCUT2D eigenvalue weighted by atomic mass is 9.93. The molecule has 6 heteroatoms. The second kappa shape index (κ2) is 32.3. The Kier molecular flexibility index (Phi) is 20.0. The van der Waals surface area contributed by atoms with E-state index in [2.05, 4.69) is 435 Å². The fraction of sp³-hybridized carbons (Fsp3) is 0. The fourth-order valence-electron chi connectivity index (χ4n) is 14.9. The first-order valence-electron chi connectivity index (χ1n) is 37.4. The summed E-state index contributed by atoms with van der Waals surface area (Å²) in [5, 5.41) is 0. The van der Waals surface area contributed by atoms with Gasteiger partial charge in [-0.25, -0.2) is 0 Å². The average Bonchev–Trinajstić information content (AvgIpc) is 1.62. The third-order valence-electron chi connectivity index (χ3n) is 19.9. The summed E-state index contributed by atoms with van der Waals surface area (Å²) in [6.45, 7) is 0. The minimum Gasteiger partial charge on any atom is -0.117 e. The Morgan fingerprint density at radius 1 is 0.0965 bits per heavy atom. The predicted octanol–water partition coefficient (Wildman–Crippen LogP) is 28.8. The van der Waals surface area contributed by atoms with Crippen molar-refractivity contribution >= 4 is 68.0 Å². The molecule has 6 aromatic heterocycles. The van der Waals surface area contributed by atoms with Gasteiger partial charge in [0, 0.05) is 66.8 Å². The number of thiophene rings is 6. The zero-order valence-electron chi connectivity index (χ0n) is 61.1. The number of rotatable bonds is 12. The summed E-state index contributed by atoms with van der Waals surface area (Å²) in [5.41, 5.74) is 24.9. The van der Waals surface area contributed by atoms with Gasteiger partial charge in [-0.15, -0.1) is 68.0 Å². The molecule has 0 unspecified atom stereocenters. The Bertz CT molecular complexity index is 5510. The van der Waals surface area contributed by atoms with Crippen molar-refractivity contribution in [2.75, 3.05) is 0 Å². The lowest BCUT2D eigenvalue weighted by molar-refractivity contribution is 1.61. The third-order valence-corrected chi connectivity index (χ3v) is 26.1. The second-order valence-electron chi connectivity index (χ2n) is 27.0. The van der Waals surface area contributed by atoms with E-state index in [0.717, 1.165) is 192 Å². The van der Waals surface area contributed by atoms with Gasteiger partial charge in [-0.3, -0.25) is 0 Å². The molecule has 114 heavy (non-hydrogen) atoms. The van der Waals surface area contributed by atoms with Crippen LogP contribution < -0.4 is 0 Å². The molecular formula is C108H60S6. The van der Waals surface area contributed by atoms with E-state index < -0.39 is 0 Å². The van der Waals surface area contributed by atoms with Crippen LogP contribution in [-0.4, -0.2) is 0 Å². The summed E-state index contributed by atoms with van der Waals surface area (Å²) in [4.78, 5) is 10.8. The van der Waals surface area contributed by atoms with Gasteiger partial charge in [-0.1, -0.05) is 364 Å². The molecule has 0 saturated heterocycles. The van der Waals surface area contributed by atoms with Gasteiger partial charge in [-0.2, -0.15) is 0 Å². The average molecular weight is 1550 g/mol. The maximum Gasteiger partial charge on any atom is 0.0870 e. The van der Waals surface area contributed by atoms with Gasteiger partial charge in [0.2, 0.25) is 0 Å². The van der Waals surface area contributed by atoms with Gasteiger partial charge in [0.1, 0.15) is 0 Å². The Balaban J connectivity index is 0.942. The van der Waals surface area contributed by atoms with Crippen molar-refractivity contribution in [1.29, 1.82) is 0 Å². The van der Waals surface area contributed by atoms with Crippen molar-refractivity contribution in [3.05, 3.63) is 423 Å². The fourth-order valence-corrected chi connectivity index (χ4v) is 21.2. The maximum absolute atomic E-state index is 3.92. The smallest absolute Gasteiger partial charge is 0.0870 e. The highest BCUT2D eigenvalue weighted by molar-refractivity contribution is 7.17. The van der Waals surface area contributed by atoms with Crippen LogP contribution in [-0.2, 0) is 0 Å². The predicted molar refractivity (Wildman–Crippen MR) is 487 cm³/mol. The lowest BCUT2D eigenvalue weighted by Crippen LogP contribution is -1.87. The van der Waals surface area contributed by atoms with Crippen LogP contribution in [0.2, 0.25) is 0 Å². The first kappa shape index (κ1) is 70.6. The molecule has 0 amide bonds. The first-order chi connectivity index (χ1) is 56.6. The van der Waals surface area contributed by atoms with Crippen LogP contribution >= 0.6 is 68.0 Å². The van der Waals surface area contributed by atoms with Crippen LogP contribution in [0, 0.1) is 71.0 Å². The zero-order valence-corrected chi connectivity index (χ0v) is 66.0. The summed E-state index contributed by atoms with van der Waals surface area (Å²) in [7, 11) is 0. The minimum atomic E-state index is 0.902. The molecule has 0 atom stereocenters. The normalized spacial score (nSPS) is 11.2. The van der Waals surface area contributed by atoms with Crippen molar-refractivity contribution in [3.63, 3.8) is 0 Å². The Morgan fingerprint density at radius 2 is 0.167 bits per heavy atom. The highest BCUT2D eigenvalue weighted by Gasteiger charge is 2.28. The van der Waals surface area contributed by atoms with E-state index in [1.165, 1.54) is 0 Å². The highest BCUT2D eigenvalue weighted by Crippen LogP contribution is 2.51. The molecule has 0 N–H and O–H groups in total. The van der Waals surface area contributed by atoms with Crippen molar-refractivity contribution < 1.29 is 0 Å². The molecule has 0 nitrogen and oxygen atoms in total. The number of fused-ring (bicyclic) bond motifs is 12. The first-order valence-corrected chi connectivity index (χ1v) is 42.3. The topological polar surface area (TPSA) is 0 Å². The molecule has 1 aliphatic heterocycles. The molecule has 0 spiro atoms. The number of hydrogen-bond acceptors (Lipinski definition) is 6. The van der Waals surface area contributed by atoms with Crippen molar-refractivity contribution in [2.45, 2.75) is 0 Å². The molecule has 12 bridgehead atoms. The molecular weight excluding hydrogens is 1490 g/mol. The zero-order chi connectivity index (χ0) is 75.9. The summed E-state index contributed by atoms with van der Waals surface area (Å²) < 4.78 is 0. The van der Waals surface area contributed by atoms with Gasteiger partial charge in [-0.05, 0) is 138 Å². The van der Waals surface area contributed by atoms with E-state index in [9.17, 15) is 0 Å².